The molecule has 0 aliphatic rings. The van der Waals surface area contributed by atoms with Gasteiger partial charge in [0, 0.05) is 30.1 Å². The Labute approximate surface area is 116 Å². The molecule has 2 aromatic heterocycles. The van der Waals surface area contributed by atoms with Crippen LogP contribution in [0.2, 0.25) is 0 Å². The van der Waals surface area contributed by atoms with Crippen molar-refractivity contribution in [3.05, 3.63) is 26.6 Å². The van der Waals surface area contributed by atoms with Crippen LogP contribution in [0.15, 0.2) is 15.9 Å². The number of methoxy groups -OCH3 is 1. The third-order valence-electron chi connectivity index (χ3n) is 2.02. The van der Waals surface area contributed by atoms with Gasteiger partial charge in [-0.25, -0.2) is 4.98 Å². The minimum Gasteiger partial charge on any atom is -0.377 e. The number of nitrogens with zero attached hydrogens (tertiary/aromatic N) is 2. The number of hydrogen-bond acceptors (Lipinski definition) is 6. The molecule has 0 fully saturated rings. The Morgan fingerprint density at radius 1 is 1.47 bits per heavy atom. The molecule has 17 heavy (non-hydrogen) atoms. The summed E-state index contributed by atoms with van der Waals surface area (Å²) in [7, 11) is 1.64. The monoisotopic (exact) mass is 333 g/mol. The van der Waals surface area contributed by atoms with Gasteiger partial charge >= 0.3 is 0 Å². The normalized spacial score (nSPS) is 10.7. The van der Waals surface area contributed by atoms with Gasteiger partial charge in [0.05, 0.1) is 3.79 Å². The van der Waals surface area contributed by atoms with Crippen LogP contribution in [-0.4, -0.2) is 23.0 Å². The SMILES string of the molecule is COCc1nsc(NCCc2ccc(Br)s2)n1. The van der Waals surface area contributed by atoms with Crippen LogP contribution < -0.4 is 5.32 Å². The maximum absolute atomic E-state index is 4.97. The third-order valence-corrected chi connectivity index (χ3v) is 4.41. The molecule has 0 bridgehead atoms. The van der Waals surface area contributed by atoms with Crippen molar-refractivity contribution in [1.29, 1.82) is 0 Å². The molecule has 1 N–H and O–H groups in total. The maximum Gasteiger partial charge on any atom is 0.202 e. The van der Waals surface area contributed by atoms with Crippen molar-refractivity contribution in [2.45, 2.75) is 13.0 Å². The molecule has 0 saturated heterocycles. The van der Waals surface area contributed by atoms with E-state index >= 15 is 0 Å². The van der Waals surface area contributed by atoms with Crippen LogP contribution in [0.5, 0.6) is 0 Å². The molecule has 0 saturated carbocycles. The van der Waals surface area contributed by atoms with E-state index in [1.807, 2.05) is 0 Å². The van der Waals surface area contributed by atoms with Crippen LogP contribution in [0.25, 0.3) is 0 Å². The molecule has 0 radical (unpaired) electrons. The number of nitrogens with one attached hydrogen (secondary N) is 1. The van der Waals surface area contributed by atoms with Crippen molar-refractivity contribution in [3.8, 4) is 0 Å². The predicted molar refractivity (Wildman–Crippen MR) is 74.8 cm³/mol. The van der Waals surface area contributed by atoms with Crippen molar-refractivity contribution in [2.75, 3.05) is 19.0 Å². The van der Waals surface area contributed by atoms with Crippen LogP contribution in [0, 0.1) is 0 Å². The van der Waals surface area contributed by atoms with E-state index < -0.39 is 0 Å². The maximum atomic E-state index is 4.97. The van der Waals surface area contributed by atoms with Crippen molar-refractivity contribution in [3.63, 3.8) is 0 Å². The van der Waals surface area contributed by atoms with Crippen LogP contribution >= 0.6 is 38.8 Å². The number of anilines is 1. The Kier molecular flexibility index (Phi) is 4.90. The van der Waals surface area contributed by atoms with E-state index in [9.17, 15) is 0 Å². The lowest BCUT2D eigenvalue weighted by atomic mass is 10.3. The van der Waals surface area contributed by atoms with E-state index in [1.165, 1.54) is 20.2 Å². The van der Waals surface area contributed by atoms with E-state index in [0.29, 0.717) is 6.61 Å². The number of hydrogen-bond donors (Lipinski definition) is 1. The van der Waals surface area contributed by atoms with Gasteiger partial charge in [0.25, 0.3) is 0 Å². The second-order valence-corrected chi connectivity index (χ2v) is 6.63. The molecule has 0 aliphatic heterocycles. The Morgan fingerprint density at radius 2 is 2.35 bits per heavy atom. The van der Waals surface area contributed by atoms with Gasteiger partial charge in [-0.15, -0.1) is 11.3 Å². The molecular formula is C10H12BrN3OS2. The molecule has 0 atom stereocenters. The predicted octanol–water partition coefficient (Wildman–Crippen LogP) is 3.16. The smallest absolute Gasteiger partial charge is 0.202 e. The van der Waals surface area contributed by atoms with E-state index in [1.54, 1.807) is 18.4 Å². The summed E-state index contributed by atoms with van der Waals surface area (Å²) in [5.74, 6) is 0.735. The highest BCUT2D eigenvalue weighted by Gasteiger charge is 2.03. The highest BCUT2D eigenvalue weighted by Crippen LogP contribution is 2.22. The summed E-state index contributed by atoms with van der Waals surface area (Å²) in [6, 6.07) is 4.20. The van der Waals surface area contributed by atoms with Gasteiger partial charge in [0.1, 0.15) is 6.61 Å². The quantitative estimate of drug-likeness (QED) is 0.881. The fourth-order valence-electron chi connectivity index (χ4n) is 1.29. The van der Waals surface area contributed by atoms with Gasteiger partial charge in [0.2, 0.25) is 5.13 Å². The standard InChI is InChI=1S/C10H12BrN3OS2/c1-15-6-9-13-10(17-14-9)12-5-4-7-2-3-8(11)16-7/h2-3H,4-6H2,1H3,(H,12,13,14). The largest absolute Gasteiger partial charge is 0.377 e. The minimum atomic E-state index is 0.468. The Bertz CT molecular complexity index is 472. The zero-order valence-corrected chi connectivity index (χ0v) is 12.5. The lowest BCUT2D eigenvalue weighted by Crippen LogP contribution is -2.03. The molecule has 0 aromatic carbocycles. The second kappa shape index (κ2) is 6.44. The molecule has 4 nitrogen and oxygen atoms in total. The average molecular weight is 334 g/mol. The average Bonchev–Trinajstić information content (AvgIpc) is 2.89. The Balaban J connectivity index is 1.77. The van der Waals surface area contributed by atoms with Gasteiger partial charge in [-0.05, 0) is 34.5 Å². The first-order chi connectivity index (χ1) is 8.28. The van der Waals surface area contributed by atoms with Crippen molar-refractivity contribution in [1.82, 2.24) is 9.36 Å². The third kappa shape index (κ3) is 4.02. The minimum absolute atomic E-state index is 0.468. The number of ether oxygens (including phenoxy) is 1. The second-order valence-electron chi connectivity index (χ2n) is 3.33. The molecule has 0 amide bonds. The fraction of sp³-hybridized carbons (Fsp3) is 0.400. The lowest BCUT2D eigenvalue weighted by molar-refractivity contribution is 0.179. The van der Waals surface area contributed by atoms with Crippen molar-refractivity contribution >= 4 is 43.9 Å². The number of halogens is 1. The highest BCUT2D eigenvalue weighted by atomic mass is 79.9. The van der Waals surface area contributed by atoms with Crippen LogP contribution in [0.3, 0.4) is 0 Å². The van der Waals surface area contributed by atoms with Crippen molar-refractivity contribution in [2.24, 2.45) is 0 Å². The van der Waals surface area contributed by atoms with Crippen LogP contribution in [-0.2, 0) is 17.8 Å². The molecule has 0 spiro atoms. The first kappa shape index (κ1) is 12.9. The Hall–Kier alpha value is -0.500. The van der Waals surface area contributed by atoms with Gasteiger partial charge in [-0.3, -0.25) is 0 Å². The lowest BCUT2D eigenvalue weighted by Gasteiger charge is -1.99. The van der Waals surface area contributed by atoms with E-state index in [-0.39, 0.29) is 0 Å². The van der Waals surface area contributed by atoms with Gasteiger partial charge in [0.15, 0.2) is 5.82 Å². The summed E-state index contributed by atoms with van der Waals surface area (Å²) in [5, 5.41) is 4.12. The molecule has 2 rings (SSSR count). The summed E-state index contributed by atoms with van der Waals surface area (Å²) in [4.78, 5) is 5.65. The molecule has 2 aromatic rings. The molecule has 0 aliphatic carbocycles. The van der Waals surface area contributed by atoms with Crippen molar-refractivity contribution < 1.29 is 4.74 Å². The highest BCUT2D eigenvalue weighted by molar-refractivity contribution is 9.11. The summed E-state index contributed by atoms with van der Waals surface area (Å²) in [5.41, 5.74) is 0. The zero-order valence-electron chi connectivity index (χ0n) is 9.27. The Morgan fingerprint density at radius 3 is 3.06 bits per heavy atom. The van der Waals surface area contributed by atoms with Crippen LogP contribution in [0.1, 0.15) is 10.7 Å². The number of thiophene rings is 1. The van der Waals surface area contributed by atoms with Gasteiger partial charge in [-0.1, -0.05) is 0 Å². The molecule has 2 heterocycles. The topological polar surface area (TPSA) is 47.0 Å². The van der Waals surface area contributed by atoms with Gasteiger partial charge in [-0.2, -0.15) is 4.37 Å². The first-order valence-corrected chi connectivity index (χ1v) is 7.46. The van der Waals surface area contributed by atoms with E-state index in [0.717, 1.165) is 23.9 Å². The first-order valence-electron chi connectivity index (χ1n) is 5.07. The van der Waals surface area contributed by atoms with Crippen LogP contribution in [0.4, 0.5) is 5.13 Å². The summed E-state index contributed by atoms with van der Waals surface area (Å²) in [6.45, 7) is 1.34. The summed E-state index contributed by atoms with van der Waals surface area (Å²) in [6.07, 6.45) is 0.995. The zero-order chi connectivity index (χ0) is 12.1. The van der Waals surface area contributed by atoms with Gasteiger partial charge < -0.3 is 10.1 Å². The summed E-state index contributed by atoms with van der Waals surface area (Å²) >= 11 is 6.59. The number of rotatable bonds is 6. The van der Waals surface area contributed by atoms with E-state index in [2.05, 4.69) is 42.7 Å². The van der Waals surface area contributed by atoms with E-state index in [4.69, 9.17) is 4.74 Å². The number of aromatic nitrogens is 2. The summed E-state index contributed by atoms with van der Waals surface area (Å²) < 4.78 is 10.3. The fourth-order valence-corrected chi connectivity index (χ4v) is 3.37. The molecular weight excluding hydrogens is 322 g/mol. The molecule has 0 unspecified atom stereocenters. The molecule has 92 valence electrons. The molecule has 7 heteroatoms.